The Balaban J connectivity index is 1.62. The fraction of sp³-hybridized carbons (Fsp3) is 0.714. The molecule has 5 N–H and O–H groups in total. The van der Waals surface area contributed by atoms with Gasteiger partial charge in [0.25, 0.3) is 5.91 Å². The van der Waals surface area contributed by atoms with E-state index in [2.05, 4.69) is 29.0 Å². The SMILES string of the molecule is CC1(C)CC1CNC(=O)c1sc(N2CCC(N)C2)nc1N. The van der Waals surface area contributed by atoms with Gasteiger partial charge in [-0.05, 0) is 24.2 Å². The average Bonchev–Trinajstić information content (AvgIpc) is 2.80. The second kappa shape index (κ2) is 5.14. The van der Waals surface area contributed by atoms with Gasteiger partial charge in [0, 0.05) is 25.7 Å². The molecular formula is C14H23N5OS. The predicted molar refractivity (Wildman–Crippen MR) is 85.6 cm³/mol. The number of hydrogen-bond donors (Lipinski definition) is 3. The quantitative estimate of drug-likeness (QED) is 0.772. The normalized spacial score (nSPS) is 26.9. The Bertz CT molecular complexity index is 556. The lowest BCUT2D eigenvalue weighted by atomic mass is 10.1. The summed E-state index contributed by atoms with van der Waals surface area (Å²) in [6.07, 6.45) is 2.13. The van der Waals surface area contributed by atoms with Gasteiger partial charge in [0.1, 0.15) is 10.7 Å². The molecule has 2 aliphatic rings. The molecule has 1 saturated carbocycles. The molecule has 116 valence electrons. The van der Waals surface area contributed by atoms with Crippen LogP contribution >= 0.6 is 11.3 Å². The van der Waals surface area contributed by atoms with E-state index in [0.717, 1.165) is 24.6 Å². The molecule has 1 aliphatic heterocycles. The van der Waals surface area contributed by atoms with E-state index in [4.69, 9.17) is 11.5 Å². The number of nitrogens with zero attached hydrogens (tertiary/aromatic N) is 2. The number of amides is 1. The number of carbonyl (C=O) groups excluding carboxylic acids is 1. The largest absolute Gasteiger partial charge is 0.382 e. The fourth-order valence-electron chi connectivity index (χ4n) is 2.80. The third-order valence-electron chi connectivity index (χ3n) is 4.57. The van der Waals surface area contributed by atoms with Crippen molar-refractivity contribution in [1.82, 2.24) is 10.3 Å². The molecule has 0 aromatic carbocycles. The van der Waals surface area contributed by atoms with E-state index >= 15 is 0 Å². The van der Waals surface area contributed by atoms with Crippen molar-refractivity contribution in [1.29, 1.82) is 0 Å². The molecule has 21 heavy (non-hydrogen) atoms. The zero-order valence-electron chi connectivity index (χ0n) is 12.6. The lowest BCUT2D eigenvalue weighted by Crippen LogP contribution is -2.26. The summed E-state index contributed by atoms with van der Waals surface area (Å²) < 4.78 is 0. The molecule has 2 heterocycles. The second-order valence-electron chi connectivity index (χ2n) is 6.81. The summed E-state index contributed by atoms with van der Waals surface area (Å²) >= 11 is 1.36. The monoisotopic (exact) mass is 309 g/mol. The van der Waals surface area contributed by atoms with Gasteiger partial charge in [-0.1, -0.05) is 25.2 Å². The minimum atomic E-state index is -0.109. The van der Waals surface area contributed by atoms with Crippen molar-refractivity contribution in [3.63, 3.8) is 0 Å². The zero-order valence-corrected chi connectivity index (χ0v) is 13.4. The molecule has 7 heteroatoms. The highest BCUT2D eigenvalue weighted by molar-refractivity contribution is 7.18. The maximum absolute atomic E-state index is 12.2. The third-order valence-corrected chi connectivity index (χ3v) is 5.70. The number of carbonyl (C=O) groups is 1. The molecule has 0 radical (unpaired) electrons. The van der Waals surface area contributed by atoms with Crippen LogP contribution in [0.4, 0.5) is 10.9 Å². The predicted octanol–water partition coefficient (Wildman–Crippen LogP) is 1.04. The summed E-state index contributed by atoms with van der Waals surface area (Å²) in [4.78, 5) is 19.2. The molecular weight excluding hydrogens is 286 g/mol. The summed E-state index contributed by atoms with van der Waals surface area (Å²) in [5.41, 5.74) is 12.2. The van der Waals surface area contributed by atoms with Crippen molar-refractivity contribution in [3.8, 4) is 0 Å². The number of anilines is 2. The first-order chi connectivity index (χ1) is 9.87. The zero-order chi connectivity index (χ0) is 15.2. The van der Waals surface area contributed by atoms with Gasteiger partial charge >= 0.3 is 0 Å². The van der Waals surface area contributed by atoms with Gasteiger partial charge in [0.05, 0.1) is 0 Å². The first-order valence-electron chi connectivity index (χ1n) is 7.42. The maximum atomic E-state index is 12.2. The van der Waals surface area contributed by atoms with Crippen LogP contribution in [0.5, 0.6) is 0 Å². The number of nitrogens with two attached hydrogens (primary N) is 2. The highest BCUT2D eigenvalue weighted by atomic mass is 32.1. The van der Waals surface area contributed by atoms with Gasteiger partial charge in [-0.2, -0.15) is 0 Å². The van der Waals surface area contributed by atoms with Gasteiger partial charge in [-0.25, -0.2) is 4.98 Å². The lowest BCUT2D eigenvalue weighted by molar-refractivity contribution is 0.0955. The summed E-state index contributed by atoms with van der Waals surface area (Å²) in [6, 6.07) is 0.185. The van der Waals surface area contributed by atoms with Crippen molar-refractivity contribution < 1.29 is 4.79 Å². The minimum absolute atomic E-state index is 0.109. The number of rotatable bonds is 4. The number of hydrogen-bond acceptors (Lipinski definition) is 6. The van der Waals surface area contributed by atoms with Crippen LogP contribution in [-0.2, 0) is 0 Å². The number of nitrogen functional groups attached to an aromatic ring is 1. The van der Waals surface area contributed by atoms with Crippen molar-refractivity contribution >= 4 is 28.2 Å². The van der Waals surface area contributed by atoms with Crippen molar-refractivity contribution in [2.24, 2.45) is 17.1 Å². The van der Waals surface area contributed by atoms with E-state index in [1.54, 1.807) is 0 Å². The molecule has 2 fully saturated rings. The van der Waals surface area contributed by atoms with Crippen LogP contribution in [0.1, 0.15) is 36.4 Å². The second-order valence-corrected chi connectivity index (χ2v) is 7.78. The van der Waals surface area contributed by atoms with Crippen LogP contribution in [0.25, 0.3) is 0 Å². The minimum Gasteiger partial charge on any atom is -0.382 e. The van der Waals surface area contributed by atoms with Crippen molar-refractivity contribution in [2.45, 2.75) is 32.7 Å². The van der Waals surface area contributed by atoms with Gasteiger partial charge in [0.15, 0.2) is 5.13 Å². The molecule has 6 nitrogen and oxygen atoms in total. The van der Waals surface area contributed by atoms with E-state index in [0.29, 0.717) is 28.6 Å². The standard InChI is InChI=1S/C14H23N5OS/c1-14(2)5-8(14)6-17-12(20)10-11(16)18-13(21-10)19-4-3-9(15)7-19/h8-9H,3-7,15-16H2,1-2H3,(H,17,20). The number of thiazole rings is 1. The van der Waals surface area contributed by atoms with Crippen LogP contribution < -0.4 is 21.7 Å². The number of aromatic nitrogens is 1. The molecule has 3 rings (SSSR count). The Kier molecular flexibility index (Phi) is 3.57. The summed E-state index contributed by atoms with van der Waals surface area (Å²) in [7, 11) is 0. The van der Waals surface area contributed by atoms with E-state index in [1.165, 1.54) is 17.8 Å². The Morgan fingerprint density at radius 2 is 2.29 bits per heavy atom. The van der Waals surface area contributed by atoms with Gasteiger partial charge in [0.2, 0.25) is 0 Å². The molecule has 0 bridgehead atoms. The van der Waals surface area contributed by atoms with Crippen LogP contribution in [0.15, 0.2) is 0 Å². The Morgan fingerprint density at radius 3 is 2.86 bits per heavy atom. The van der Waals surface area contributed by atoms with Gasteiger partial charge in [-0.3, -0.25) is 4.79 Å². The van der Waals surface area contributed by atoms with E-state index in [9.17, 15) is 4.79 Å². The first-order valence-corrected chi connectivity index (χ1v) is 8.23. The van der Waals surface area contributed by atoms with Crippen LogP contribution in [0, 0.1) is 11.3 Å². The Hall–Kier alpha value is -1.34. The molecule has 1 aliphatic carbocycles. The Labute approximate surface area is 128 Å². The fourth-order valence-corrected chi connectivity index (χ4v) is 3.74. The molecule has 1 aromatic heterocycles. The summed E-state index contributed by atoms with van der Waals surface area (Å²) in [5.74, 6) is 0.789. The lowest BCUT2D eigenvalue weighted by Gasteiger charge is -2.12. The van der Waals surface area contributed by atoms with Gasteiger partial charge < -0.3 is 21.7 Å². The van der Waals surface area contributed by atoms with Crippen LogP contribution in [0.3, 0.4) is 0 Å². The maximum Gasteiger partial charge on any atom is 0.265 e. The molecule has 2 atom stereocenters. The third kappa shape index (κ3) is 2.98. The number of nitrogens with one attached hydrogen (secondary N) is 1. The highest BCUT2D eigenvalue weighted by Gasteiger charge is 2.45. The summed E-state index contributed by atoms with van der Waals surface area (Å²) in [6.45, 7) is 6.82. The van der Waals surface area contributed by atoms with E-state index in [1.807, 2.05) is 0 Å². The average molecular weight is 309 g/mol. The highest BCUT2D eigenvalue weighted by Crippen LogP contribution is 2.51. The first kappa shape index (κ1) is 14.6. The smallest absolute Gasteiger partial charge is 0.265 e. The van der Waals surface area contributed by atoms with E-state index < -0.39 is 0 Å². The van der Waals surface area contributed by atoms with E-state index in [-0.39, 0.29) is 11.9 Å². The van der Waals surface area contributed by atoms with Crippen molar-refractivity contribution in [2.75, 3.05) is 30.3 Å². The van der Waals surface area contributed by atoms with Crippen molar-refractivity contribution in [3.05, 3.63) is 4.88 Å². The molecule has 0 spiro atoms. The summed E-state index contributed by atoms with van der Waals surface area (Å²) in [5, 5.41) is 3.78. The molecule has 1 aromatic rings. The Morgan fingerprint density at radius 1 is 1.57 bits per heavy atom. The molecule has 1 saturated heterocycles. The molecule has 2 unspecified atom stereocenters. The molecule has 1 amide bonds. The van der Waals surface area contributed by atoms with Crippen LogP contribution in [-0.4, -0.2) is 36.6 Å². The topological polar surface area (TPSA) is 97.3 Å². The van der Waals surface area contributed by atoms with Crippen LogP contribution in [0.2, 0.25) is 0 Å². The van der Waals surface area contributed by atoms with Gasteiger partial charge in [-0.15, -0.1) is 0 Å².